The van der Waals surface area contributed by atoms with E-state index in [1.54, 1.807) is 33.8 Å². The second-order valence-electron chi connectivity index (χ2n) is 6.28. The number of hydrogen-bond acceptors (Lipinski definition) is 0. The molecule has 0 aliphatic heterocycles. The van der Waals surface area contributed by atoms with Gasteiger partial charge in [0.1, 0.15) is 0 Å². The highest BCUT2D eigenvalue weighted by molar-refractivity contribution is 5.85. The third-order valence-corrected chi connectivity index (χ3v) is 4.53. The molecule has 1 aromatic rings. The van der Waals surface area contributed by atoms with Crippen LogP contribution in [-0.4, -0.2) is 0 Å². The summed E-state index contributed by atoms with van der Waals surface area (Å²) >= 11 is 0. The van der Waals surface area contributed by atoms with Gasteiger partial charge >= 0.3 is 0 Å². The molecule has 115 valence electrons. The average Bonchev–Trinajstić information content (AvgIpc) is 2.77. The molecule has 0 nitrogen and oxygen atoms in total. The summed E-state index contributed by atoms with van der Waals surface area (Å²) in [5, 5.41) is 0. The molecule has 0 unspecified atom stereocenters. The van der Waals surface area contributed by atoms with Crippen molar-refractivity contribution in [3.8, 4) is 0 Å². The van der Waals surface area contributed by atoms with Crippen molar-refractivity contribution in [3.05, 3.63) is 46.4 Å². The maximum absolute atomic E-state index is 2.37. The minimum atomic E-state index is 1.22. The Morgan fingerprint density at radius 3 is 1.90 bits per heavy atom. The quantitative estimate of drug-likeness (QED) is 0.496. The molecule has 0 spiro atoms. The highest BCUT2D eigenvalue weighted by Gasteiger charge is 2.31. The van der Waals surface area contributed by atoms with Crippen molar-refractivity contribution in [2.75, 3.05) is 0 Å². The van der Waals surface area contributed by atoms with Crippen molar-refractivity contribution >= 4 is 5.57 Å². The van der Waals surface area contributed by atoms with E-state index in [0.717, 1.165) is 0 Å². The van der Waals surface area contributed by atoms with E-state index in [9.17, 15) is 0 Å². The van der Waals surface area contributed by atoms with Gasteiger partial charge in [0.15, 0.2) is 0 Å². The van der Waals surface area contributed by atoms with Crippen LogP contribution in [0.15, 0.2) is 23.8 Å². The molecule has 0 heterocycles. The van der Waals surface area contributed by atoms with E-state index < -0.39 is 0 Å². The van der Waals surface area contributed by atoms with Crippen molar-refractivity contribution in [1.82, 2.24) is 0 Å². The first-order valence-electron chi connectivity index (χ1n) is 8.99. The number of hydrogen-bond donors (Lipinski definition) is 0. The van der Waals surface area contributed by atoms with Gasteiger partial charge in [-0.2, -0.15) is 0 Å². The van der Waals surface area contributed by atoms with E-state index >= 15 is 0 Å². The van der Waals surface area contributed by atoms with E-state index in [1.165, 1.54) is 51.4 Å². The Hall–Kier alpha value is -1.04. The molecule has 0 amide bonds. The van der Waals surface area contributed by atoms with Crippen LogP contribution < -0.4 is 0 Å². The maximum atomic E-state index is 2.37. The molecule has 0 heteroatoms. The van der Waals surface area contributed by atoms with Crippen molar-refractivity contribution in [2.24, 2.45) is 0 Å². The van der Waals surface area contributed by atoms with Crippen LogP contribution in [0.5, 0.6) is 0 Å². The Morgan fingerprint density at radius 2 is 1.29 bits per heavy atom. The average molecular weight is 283 g/mol. The SMILES string of the molecule is CCC[C]1C(CCC)=C(CCC)c2c(CCC)cccc21. The van der Waals surface area contributed by atoms with Crippen LogP contribution in [0.3, 0.4) is 0 Å². The Bertz CT molecular complexity index is 493. The fraction of sp³-hybridized carbons (Fsp3) is 0.571. The zero-order chi connectivity index (χ0) is 15.2. The number of aryl methyl sites for hydroxylation is 1. The van der Waals surface area contributed by atoms with Crippen molar-refractivity contribution in [3.63, 3.8) is 0 Å². The number of allylic oxidation sites excluding steroid dienone is 2. The van der Waals surface area contributed by atoms with Gasteiger partial charge < -0.3 is 0 Å². The molecule has 1 aromatic carbocycles. The molecule has 1 radical (unpaired) electrons. The highest BCUT2D eigenvalue weighted by Crippen LogP contribution is 2.48. The second kappa shape index (κ2) is 7.82. The third kappa shape index (κ3) is 3.25. The molecule has 0 N–H and O–H groups in total. The number of rotatable bonds is 8. The third-order valence-electron chi connectivity index (χ3n) is 4.53. The Balaban J connectivity index is 2.54. The molecule has 0 atom stereocenters. The Morgan fingerprint density at radius 1 is 0.667 bits per heavy atom. The molecule has 21 heavy (non-hydrogen) atoms. The summed E-state index contributed by atoms with van der Waals surface area (Å²) in [6.07, 6.45) is 9.96. The molecular formula is C21H31. The van der Waals surface area contributed by atoms with Crippen molar-refractivity contribution < 1.29 is 0 Å². The monoisotopic (exact) mass is 283 g/mol. The van der Waals surface area contributed by atoms with Crippen LogP contribution in [0.4, 0.5) is 0 Å². The molecule has 0 aromatic heterocycles. The van der Waals surface area contributed by atoms with Gasteiger partial charge in [0, 0.05) is 5.92 Å². The number of benzene rings is 1. The lowest BCUT2D eigenvalue weighted by Crippen LogP contribution is -2.01. The van der Waals surface area contributed by atoms with Gasteiger partial charge in [-0.05, 0) is 47.9 Å². The summed E-state index contributed by atoms with van der Waals surface area (Å²) in [7, 11) is 0. The zero-order valence-corrected chi connectivity index (χ0v) is 14.4. The van der Waals surface area contributed by atoms with E-state index in [4.69, 9.17) is 0 Å². The van der Waals surface area contributed by atoms with Gasteiger partial charge in [-0.15, -0.1) is 0 Å². The first-order chi connectivity index (χ1) is 10.3. The van der Waals surface area contributed by atoms with Gasteiger partial charge in [0.05, 0.1) is 0 Å². The van der Waals surface area contributed by atoms with Gasteiger partial charge in [-0.3, -0.25) is 0 Å². The highest BCUT2D eigenvalue weighted by atomic mass is 14.3. The first kappa shape index (κ1) is 16.3. The maximum Gasteiger partial charge on any atom is 0.0308 e. The fourth-order valence-corrected chi connectivity index (χ4v) is 3.79. The second-order valence-corrected chi connectivity index (χ2v) is 6.28. The molecular weight excluding hydrogens is 252 g/mol. The minimum absolute atomic E-state index is 1.22. The van der Waals surface area contributed by atoms with Crippen LogP contribution in [0.2, 0.25) is 0 Å². The topological polar surface area (TPSA) is 0 Å². The van der Waals surface area contributed by atoms with Gasteiger partial charge in [0.2, 0.25) is 0 Å². The summed E-state index contributed by atoms with van der Waals surface area (Å²) in [5.41, 5.74) is 8.14. The van der Waals surface area contributed by atoms with Crippen LogP contribution in [0.1, 0.15) is 89.3 Å². The molecule has 0 fully saturated rings. The molecule has 0 saturated carbocycles. The molecule has 0 saturated heterocycles. The molecule has 1 aliphatic carbocycles. The lowest BCUT2D eigenvalue weighted by atomic mass is 9.88. The summed E-state index contributed by atoms with van der Waals surface area (Å²) < 4.78 is 0. The zero-order valence-electron chi connectivity index (χ0n) is 14.4. The smallest absolute Gasteiger partial charge is 0.0308 e. The van der Waals surface area contributed by atoms with Crippen LogP contribution in [-0.2, 0) is 6.42 Å². The Kier molecular flexibility index (Phi) is 6.08. The van der Waals surface area contributed by atoms with E-state index in [-0.39, 0.29) is 0 Å². The lowest BCUT2D eigenvalue weighted by molar-refractivity contribution is 0.799. The fourth-order valence-electron chi connectivity index (χ4n) is 3.79. The van der Waals surface area contributed by atoms with Crippen molar-refractivity contribution in [1.29, 1.82) is 0 Å². The van der Waals surface area contributed by atoms with Gasteiger partial charge in [-0.25, -0.2) is 0 Å². The Labute approximate surface area is 131 Å². The van der Waals surface area contributed by atoms with Crippen molar-refractivity contribution in [2.45, 2.75) is 79.1 Å². The summed E-state index contributed by atoms with van der Waals surface area (Å²) in [6.45, 7) is 9.23. The van der Waals surface area contributed by atoms with Crippen LogP contribution in [0.25, 0.3) is 5.57 Å². The summed E-state index contributed by atoms with van der Waals surface area (Å²) in [6, 6.07) is 7.01. The van der Waals surface area contributed by atoms with E-state index in [2.05, 4.69) is 45.9 Å². The van der Waals surface area contributed by atoms with Crippen LogP contribution >= 0.6 is 0 Å². The largest absolute Gasteiger partial charge is 0.0653 e. The van der Waals surface area contributed by atoms with Gasteiger partial charge in [0.25, 0.3) is 0 Å². The normalized spacial score (nSPS) is 14.9. The predicted molar refractivity (Wildman–Crippen MR) is 94.4 cm³/mol. The molecule has 2 rings (SSSR count). The van der Waals surface area contributed by atoms with Gasteiger partial charge in [-0.1, -0.05) is 77.2 Å². The van der Waals surface area contributed by atoms with E-state index in [0.29, 0.717) is 0 Å². The lowest BCUT2D eigenvalue weighted by Gasteiger charge is -2.15. The number of fused-ring (bicyclic) bond motifs is 1. The summed E-state index contributed by atoms with van der Waals surface area (Å²) in [4.78, 5) is 0. The first-order valence-corrected chi connectivity index (χ1v) is 8.99. The van der Waals surface area contributed by atoms with Crippen LogP contribution in [0, 0.1) is 5.92 Å². The standard InChI is InChI=1S/C21H31/c1-5-10-16-14-9-15-20-18(12-7-3)17(11-6-2)19(13-8-4)21(16)20/h9,14-15H,5-8,10-13H2,1-4H3. The summed E-state index contributed by atoms with van der Waals surface area (Å²) in [5.74, 6) is 1.66. The minimum Gasteiger partial charge on any atom is -0.0653 e. The van der Waals surface area contributed by atoms with E-state index in [1.807, 2.05) is 0 Å². The molecule has 0 bridgehead atoms. The molecule has 1 aliphatic rings. The predicted octanol–water partition coefficient (Wildman–Crippen LogP) is 6.73.